The summed E-state index contributed by atoms with van der Waals surface area (Å²) in [5.41, 5.74) is -1.12. The number of benzene rings is 1. The molecule has 1 aromatic rings. The van der Waals surface area contributed by atoms with Gasteiger partial charge in [-0.1, -0.05) is 58.3 Å². The van der Waals surface area contributed by atoms with Gasteiger partial charge in [0.2, 0.25) is 0 Å². The maximum absolute atomic E-state index is 13.7. The third kappa shape index (κ3) is 11.0. The van der Waals surface area contributed by atoms with E-state index in [-0.39, 0.29) is 18.1 Å². The molecule has 0 saturated carbocycles. The van der Waals surface area contributed by atoms with Crippen molar-refractivity contribution in [2.75, 3.05) is 6.61 Å². The number of rotatable bonds is 14. The fraction of sp³-hybridized carbons (Fsp3) is 0.652. The highest BCUT2D eigenvalue weighted by Crippen LogP contribution is 2.13. The van der Waals surface area contributed by atoms with Crippen molar-refractivity contribution in [3.05, 3.63) is 35.4 Å². The Morgan fingerprint density at radius 2 is 1.55 bits per heavy atom. The van der Waals surface area contributed by atoms with Gasteiger partial charge in [0, 0.05) is 12.5 Å². The Morgan fingerprint density at radius 3 is 2.14 bits per heavy atom. The van der Waals surface area contributed by atoms with Gasteiger partial charge in [0.05, 0.1) is 11.1 Å². The van der Waals surface area contributed by atoms with Gasteiger partial charge >= 0.3 is 5.97 Å². The van der Waals surface area contributed by atoms with Crippen LogP contribution in [0.3, 0.4) is 0 Å². The second-order valence-corrected chi connectivity index (χ2v) is 8.20. The van der Waals surface area contributed by atoms with Crippen molar-refractivity contribution in [3.63, 3.8) is 0 Å². The molecule has 0 heterocycles. The van der Waals surface area contributed by atoms with Crippen LogP contribution in [-0.2, 0) is 9.53 Å². The van der Waals surface area contributed by atoms with Crippen LogP contribution in [0, 0.1) is 11.6 Å². The molecule has 0 aliphatic heterocycles. The average Bonchev–Trinajstić information content (AvgIpc) is 2.64. The summed E-state index contributed by atoms with van der Waals surface area (Å²) in [6.45, 7) is 5.55. The van der Waals surface area contributed by atoms with Gasteiger partial charge < -0.3 is 10.1 Å². The number of ether oxygens (including phenoxy) is 1. The first-order chi connectivity index (χ1) is 13.7. The monoisotopic (exact) mass is 411 g/mol. The van der Waals surface area contributed by atoms with Crippen LogP contribution in [0.15, 0.2) is 18.2 Å². The van der Waals surface area contributed by atoms with Crippen molar-refractivity contribution in [1.29, 1.82) is 0 Å². The summed E-state index contributed by atoms with van der Waals surface area (Å²) in [4.78, 5) is 24.1. The van der Waals surface area contributed by atoms with E-state index in [0.29, 0.717) is 12.5 Å². The van der Waals surface area contributed by atoms with Crippen molar-refractivity contribution < 1.29 is 23.1 Å². The molecule has 0 atom stereocenters. The molecule has 1 amide bonds. The van der Waals surface area contributed by atoms with E-state index < -0.39 is 23.1 Å². The Balaban J connectivity index is 2.22. The van der Waals surface area contributed by atoms with E-state index in [2.05, 4.69) is 12.2 Å². The van der Waals surface area contributed by atoms with Crippen LogP contribution >= 0.6 is 0 Å². The summed E-state index contributed by atoms with van der Waals surface area (Å²) in [5, 5.41) is 2.61. The number of amides is 1. The molecule has 1 aromatic carbocycles. The first-order valence-electron chi connectivity index (χ1n) is 10.7. The van der Waals surface area contributed by atoms with Gasteiger partial charge in [0.25, 0.3) is 5.91 Å². The number of unbranched alkanes of at least 4 members (excludes halogenated alkanes) is 8. The van der Waals surface area contributed by atoms with Crippen molar-refractivity contribution in [3.8, 4) is 0 Å². The van der Waals surface area contributed by atoms with Crippen LogP contribution in [-0.4, -0.2) is 24.0 Å². The highest BCUT2D eigenvalue weighted by molar-refractivity contribution is 5.94. The average molecular weight is 412 g/mol. The van der Waals surface area contributed by atoms with Crippen LogP contribution in [0.25, 0.3) is 0 Å². The summed E-state index contributed by atoms with van der Waals surface area (Å²) < 4.78 is 31.9. The number of esters is 1. The summed E-state index contributed by atoms with van der Waals surface area (Å²) in [7, 11) is 0. The quantitative estimate of drug-likeness (QED) is 0.305. The number of carbonyl (C=O) groups excluding carboxylic acids is 2. The fourth-order valence-electron chi connectivity index (χ4n) is 3.00. The van der Waals surface area contributed by atoms with E-state index in [9.17, 15) is 18.4 Å². The number of hydrogen-bond donors (Lipinski definition) is 1. The molecule has 164 valence electrons. The first-order valence-corrected chi connectivity index (χ1v) is 10.7. The number of hydrogen-bond acceptors (Lipinski definition) is 3. The summed E-state index contributed by atoms with van der Waals surface area (Å²) in [5.74, 6) is -2.66. The summed E-state index contributed by atoms with van der Waals surface area (Å²) in [6.07, 6.45) is 10.9. The SMILES string of the molecule is CCCCCCCCCCCC(=O)OCC(C)(C)NC(=O)c1ccc(F)cc1F. The summed E-state index contributed by atoms with van der Waals surface area (Å²) >= 11 is 0. The largest absolute Gasteiger partial charge is 0.463 e. The van der Waals surface area contributed by atoms with Crippen molar-refractivity contribution in [2.24, 2.45) is 0 Å². The molecule has 1 rings (SSSR count). The molecule has 0 aliphatic rings. The van der Waals surface area contributed by atoms with E-state index in [1.807, 2.05) is 0 Å². The van der Waals surface area contributed by atoms with Gasteiger partial charge in [-0.15, -0.1) is 0 Å². The lowest BCUT2D eigenvalue weighted by Gasteiger charge is -2.26. The smallest absolute Gasteiger partial charge is 0.305 e. The molecule has 0 fully saturated rings. The number of carbonyl (C=O) groups is 2. The fourth-order valence-corrected chi connectivity index (χ4v) is 3.00. The molecule has 0 unspecified atom stereocenters. The van der Waals surface area contributed by atoms with Gasteiger partial charge in [0.15, 0.2) is 0 Å². The van der Waals surface area contributed by atoms with E-state index in [1.165, 1.54) is 38.5 Å². The third-order valence-electron chi connectivity index (χ3n) is 4.71. The predicted molar refractivity (Wildman–Crippen MR) is 111 cm³/mol. The zero-order valence-electron chi connectivity index (χ0n) is 18.0. The van der Waals surface area contributed by atoms with Crippen LogP contribution in [0.5, 0.6) is 0 Å². The Kier molecular flexibility index (Phi) is 11.5. The van der Waals surface area contributed by atoms with E-state index in [0.717, 1.165) is 31.4 Å². The zero-order valence-corrected chi connectivity index (χ0v) is 18.0. The Morgan fingerprint density at radius 1 is 0.966 bits per heavy atom. The maximum atomic E-state index is 13.7. The molecular formula is C23H35F2NO3. The molecule has 0 spiro atoms. The summed E-state index contributed by atoms with van der Waals surface area (Å²) in [6, 6.07) is 2.77. The molecule has 29 heavy (non-hydrogen) atoms. The van der Waals surface area contributed by atoms with E-state index in [4.69, 9.17) is 4.74 Å². The first kappa shape index (κ1) is 25.1. The Hall–Kier alpha value is -1.98. The van der Waals surface area contributed by atoms with Crippen LogP contribution < -0.4 is 5.32 Å². The topological polar surface area (TPSA) is 55.4 Å². The lowest BCUT2D eigenvalue weighted by molar-refractivity contribution is -0.145. The molecule has 6 heteroatoms. The molecule has 0 aliphatic carbocycles. The molecule has 0 radical (unpaired) electrons. The van der Waals surface area contributed by atoms with E-state index in [1.54, 1.807) is 13.8 Å². The standard InChI is InChI=1S/C23H35F2NO3/c1-4-5-6-7-8-9-10-11-12-13-21(27)29-17-23(2,3)26-22(28)19-15-14-18(24)16-20(19)25/h14-16H,4-13,17H2,1-3H3,(H,26,28). The van der Waals surface area contributed by atoms with Gasteiger partial charge in [0.1, 0.15) is 18.2 Å². The van der Waals surface area contributed by atoms with Crippen molar-refractivity contribution >= 4 is 11.9 Å². The zero-order chi connectivity index (χ0) is 21.7. The molecular weight excluding hydrogens is 376 g/mol. The lowest BCUT2D eigenvalue weighted by atomic mass is 10.1. The third-order valence-corrected chi connectivity index (χ3v) is 4.71. The normalized spacial score (nSPS) is 11.3. The molecule has 4 nitrogen and oxygen atoms in total. The van der Waals surface area contributed by atoms with Crippen LogP contribution in [0.2, 0.25) is 0 Å². The Labute approximate surface area is 173 Å². The van der Waals surface area contributed by atoms with Crippen LogP contribution in [0.1, 0.15) is 95.3 Å². The minimum Gasteiger partial charge on any atom is -0.463 e. The minimum absolute atomic E-state index is 0.0161. The molecule has 0 aromatic heterocycles. The maximum Gasteiger partial charge on any atom is 0.305 e. The number of nitrogens with one attached hydrogen (secondary N) is 1. The highest BCUT2D eigenvalue weighted by atomic mass is 19.1. The Bertz CT molecular complexity index is 647. The minimum atomic E-state index is -0.930. The van der Waals surface area contributed by atoms with Crippen LogP contribution in [0.4, 0.5) is 8.78 Å². The highest BCUT2D eigenvalue weighted by Gasteiger charge is 2.24. The van der Waals surface area contributed by atoms with Crippen molar-refractivity contribution in [1.82, 2.24) is 5.32 Å². The lowest BCUT2D eigenvalue weighted by Crippen LogP contribution is -2.47. The molecule has 0 saturated heterocycles. The second kappa shape index (κ2) is 13.3. The second-order valence-electron chi connectivity index (χ2n) is 8.20. The van der Waals surface area contributed by atoms with Gasteiger partial charge in [-0.3, -0.25) is 9.59 Å². The predicted octanol–water partition coefficient (Wildman–Crippen LogP) is 5.94. The molecule has 0 bridgehead atoms. The van der Waals surface area contributed by atoms with E-state index >= 15 is 0 Å². The van der Waals surface area contributed by atoms with Gasteiger partial charge in [-0.05, 0) is 32.4 Å². The molecule has 1 N–H and O–H groups in total. The van der Waals surface area contributed by atoms with Gasteiger partial charge in [-0.2, -0.15) is 0 Å². The number of halogens is 2. The van der Waals surface area contributed by atoms with Gasteiger partial charge in [-0.25, -0.2) is 8.78 Å². The van der Waals surface area contributed by atoms with Crippen molar-refractivity contribution in [2.45, 2.75) is 90.5 Å².